The molecule has 0 atom stereocenters. The molecular formula is C13H13NO6. The average Bonchev–Trinajstić information content (AvgIpc) is 2.83. The van der Waals surface area contributed by atoms with E-state index in [1.165, 1.54) is 0 Å². The number of carbonyl (C=O) groups is 3. The standard InChI is InChI=1S/C13H13NO6/c15-11(14-5-6-19-13(14)18)8-20-10-4-2-1-3-9(10)7-12(16)17/h1-4H,5-8H2,(H,16,17). The normalized spacial score (nSPS) is 14.0. The third-order valence-electron chi connectivity index (χ3n) is 2.73. The van der Waals surface area contributed by atoms with Crippen LogP contribution in [0.15, 0.2) is 24.3 Å². The van der Waals surface area contributed by atoms with E-state index in [1.807, 2.05) is 0 Å². The summed E-state index contributed by atoms with van der Waals surface area (Å²) in [5.74, 6) is -1.19. The van der Waals surface area contributed by atoms with Gasteiger partial charge in [0.2, 0.25) is 0 Å². The molecule has 1 saturated heterocycles. The Labute approximate surface area is 114 Å². The molecule has 7 heteroatoms. The fourth-order valence-corrected chi connectivity index (χ4v) is 1.79. The first-order valence-electron chi connectivity index (χ1n) is 5.97. The molecule has 1 aliphatic heterocycles. The minimum absolute atomic E-state index is 0.181. The molecule has 1 N–H and O–H groups in total. The molecule has 0 spiro atoms. The van der Waals surface area contributed by atoms with Crippen molar-refractivity contribution in [2.24, 2.45) is 0 Å². The van der Waals surface area contributed by atoms with Gasteiger partial charge in [-0.3, -0.25) is 9.59 Å². The Morgan fingerprint density at radius 1 is 1.35 bits per heavy atom. The molecule has 0 aliphatic carbocycles. The second-order valence-electron chi connectivity index (χ2n) is 4.13. The van der Waals surface area contributed by atoms with Crippen molar-refractivity contribution >= 4 is 18.0 Å². The zero-order chi connectivity index (χ0) is 14.5. The van der Waals surface area contributed by atoms with E-state index in [0.717, 1.165) is 4.90 Å². The maximum Gasteiger partial charge on any atom is 0.416 e. The van der Waals surface area contributed by atoms with Crippen LogP contribution in [0, 0.1) is 0 Å². The lowest BCUT2D eigenvalue weighted by atomic mass is 10.1. The first-order chi connectivity index (χ1) is 9.58. The van der Waals surface area contributed by atoms with Gasteiger partial charge in [0.15, 0.2) is 6.61 Å². The Hall–Kier alpha value is -2.57. The van der Waals surface area contributed by atoms with Crippen molar-refractivity contribution in [3.05, 3.63) is 29.8 Å². The van der Waals surface area contributed by atoms with E-state index in [9.17, 15) is 14.4 Å². The zero-order valence-corrected chi connectivity index (χ0v) is 10.6. The molecule has 1 aliphatic rings. The molecule has 1 fully saturated rings. The molecule has 2 rings (SSSR count). The highest BCUT2D eigenvalue weighted by atomic mass is 16.6. The van der Waals surface area contributed by atoms with Crippen molar-refractivity contribution in [2.45, 2.75) is 6.42 Å². The number of cyclic esters (lactones) is 1. The number of aliphatic carboxylic acids is 1. The molecule has 1 aromatic rings. The largest absolute Gasteiger partial charge is 0.483 e. The van der Waals surface area contributed by atoms with Crippen molar-refractivity contribution in [2.75, 3.05) is 19.8 Å². The summed E-state index contributed by atoms with van der Waals surface area (Å²) in [5, 5.41) is 8.78. The number of carboxylic acid groups (broad SMARTS) is 1. The summed E-state index contributed by atoms with van der Waals surface area (Å²) < 4.78 is 9.95. The van der Waals surface area contributed by atoms with Gasteiger partial charge in [-0.05, 0) is 6.07 Å². The van der Waals surface area contributed by atoms with Crippen LogP contribution in [0.2, 0.25) is 0 Å². The fourth-order valence-electron chi connectivity index (χ4n) is 1.79. The van der Waals surface area contributed by atoms with Crippen molar-refractivity contribution < 1.29 is 29.0 Å². The molecule has 7 nitrogen and oxygen atoms in total. The second kappa shape index (κ2) is 6.05. The number of nitrogens with zero attached hydrogens (tertiary/aromatic N) is 1. The lowest BCUT2D eigenvalue weighted by molar-refractivity contribution is -0.136. The van der Waals surface area contributed by atoms with Gasteiger partial charge in [-0.1, -0.05) is 18.2 Å². The Balaban J connectivity index is 1.98. The fraction of sp³-hybridized carbons (Fsp3) is 0.308. The first-order valence-corrected chi connectivity index (χ1v) is 5.97. The molecule has 20 heavy (non-hydrogen) atoms. The Morgan fingerprint density at radius 2 is 2.10 bits per heavy atom. The number of benzene rings is 1. The Kier molecular flexibility index (Phi) is 4.19. The van der Waals surface area contributed by atoms with E-state index in [4.69, 9.17) is 9.84 Å². The quantitative estimate of drug-likeness (QED) is 0.851. The second-order valence-corrected chi connectivity index (χ2v) is 4.13. The van der Waals surface area contributed by atoms with Gasteiger partial charge in [0.1, 0.15) is 12.4 Å². The van der Waals surface area contributed by atoms with E-state index in [-0.39, 0.29) is 26.2 Å². The van der Waals surface area contributed by atoms with E-state index in [0.29, 0.717) is 11.3 Å². The van der Waals surface area contributed by atoms with E-state index >= 15 is 0 Å². The maximum atomic E-state index is 11.7. The molecule has 2 amide bonds. The predicted octanol–water partition coefficient (Wildman–Crippen LogP) is 0.671. The molecule has 0 unspecified atom stereocenters. The first kappa shape index (κ1) is 13.9. The van der Waals surface area contributed by atoms with E-state index in [1.54, 1.807) is 24.3 Å². The van der Waals surface area contributed by atoms with E-state index < -0.39 is 18.0 Å². The number of imide groups is 1. The maximum absolute atomic E-state index is 11.7. The highest BCUT2D eigenvalue weighted by Crippen LogP contribution is 2.18. The molecule has 1 heterocycles. The summed E-state index contributed by atoms with van der Waals surface area (Å²) in [6.45, 7) is 0.0453. The minimum atomic E-state index is -0.990. The number of para-hydroxylation sites is 1. The van der Waals surface area contributed by atoms with Crippen LogP contribution in [-0.4, -0.2) is 47.7 Å². The zero-order valence-electron chi connectivity index (χ0n) is 10.6. The van der Waals surface area contributed by atoms with Crippen molar-refractivity contribution in [1.82, 2.24) is 4.90 Å². The van der Waals surface area contributed by atoms with Crippen LogP contribution in [0.25, 0.3) is 0 Å². The van der Waals surface area contributed by atoms with Gasteiger partial charge in [0.25, 0.3) is 5.91 Å². The van der Waals surface area contributed by atoms with Gasteiger partial charge >= 0.3 is 12.1 Å². The summed E-state index contributed by atoms with van der Waals surface area (Å²) in [4.78, 5) is 34.6. The molecule has 1 aromatic carbocycles. The highest BCUT2D eigenvalue weighted by Gasteiger charge is 2.28. The summed E-state index contributed by atoms with van der Waals surface area (Å²) in [6, 6.07) is 6.55. The van der Waals surface area contributed by atoms with Crippen LogP contribution in [0.4, 0.5) is 4.79 Å². The average molecular weight is 279 g/mol. The lowest BCUT2D eigenvalue weighted by Gasteiger charge is -2.13. The third kappa shape index (κ3) is 3.25. The Bertz CT molecular complexity index is 541. The van der Waals surface area contributed by atoms with Gasteiger partial charge in [-0.25, -0.2) is 9.69 Å². The number of hydrogen-bond acceptors (Lipinski definition) is 5. The summed E-state index contributed by atoms with van der Waals surface area (Å²) >= 11 is 0. The number of amides is 2. The molecule has 0 aromatic heterocycles. The van der Waals surface area contributed by atoms with Crippen LogP contribution in [0.5, 0.6) is 5.75 Å². The molecule has 106 valence electrons. The number of ether oxygens (including phenoxy) is 2. The number of carboxylic acids is 1. The van der Waals surface area contributed by atoms with Gasteiger partial charge in [0, 0.05) is 5.56 Å². The van der Waals surface area contributed by atoms with Gasteiger partial charge in [-0.2, -0.15) is 0 Å². The number of carbonyl (C=O) groups excluding carboxylic acids is 2. The summed E-state index contributed by atoms with van der Waals surface area (Å²) in [5.41, 5.74) is 0.469. The van der Waals surface area contributed by atoms with Gasteiger partial charge < -0.3 is 14.6 Å². The minimum Gasteiger partial charge on any atom is -0.483 e. The smallest absolute Gasteiger partial charge is 0.416 e. The predicted molar refractivity (Wildman–Crippen MR) is 66.3 cm³/mol. The van der Waals surface area contributed by atoms with Crippen LogP contribution in [0.1, 0.15) is 5.56 Å². The molecule has 0 bridgehead atoms. The number of hydrogen-bond donors (Lipinski definition) is 1. The number of rotatable bonds is 5. The third-order valence-corrected chi connectivity index (χ3v) is 2.73. The topological polar surface area (TPSA) is 93.1 Å². The highest BCUT2D eigenvalue weighted by molar-refractivity contribution is 5.93. The van der Waals surface area contributed by atoms with Crippen LogP contribution < -0.4 is 4.74 Å². The van der Waals surface area contributed by atoms with Crippen LogP contribution >= 0.6 is 0 Å². The summed E-state index contributed by atoms with van der Waals surface area (Å²) in [7, 11) is 0. The van der Waals surface area contributed by atoms with Gasteiger partial charge in [0.05, 0.1) is 13.0 Å². The Morgan fingerprint density at radius 3 is 2.75 bits per heavy atom. The molecular weight excluding hydrogens is 266 g/mol. The summed E-state index contributed by atoms with van der Waals surface area (Å²) in [6.07, 6.45) is -0.881. The van der Waals surface area contributed by atoms with Crippen LogP contribution in [-0.2, 0) is 20.7 Å². The lowest BCUT2D eigenvalue weighted by Crippen LogP contribution is -2.35. The van der Waals surface area contributed by atoms with Crippen molar-refractivity contribution in [3.8, 4) is 5.75 Å². The monoisotopic (exact) mass is 279 g/mol. The molecule has 0 saturated carbocycles. The van der Waals surface area contributed by atoms with Crippen molar-refractivity contribution in [1.29, 1.82) is 0 Å². The van der Waals surface area contributed by atoms with Crippen LogP contribution in [0.3, 0.4) is 0 Å². The van der Waals surface area contributed by atoms with Crippen molar-refractivity contribution in [3.63, 3.8) is 0 Å². The molecule has 0 radical (unpaired) electrons. The SMILES string of the molecule is O=C(O)Cc1ccccc1OCC(=O)N1CCOC1=O. The van der Waals surface area contributed by atoms with Gasteiger partial charge in [-0.15, -0.1) is 0 Å². The van der Waals surface area contributed by atoms with E-state index in [2.05, 4.69) is 4.74 Å².